The minimum Gasteiger partial charge on any atom is -0.474 e. The van der Waals surface area contributed by atoms with E-state index in [9.17, 15) is 0 Å². The number of ether oxygens (including phenoxy) is 1. The zero-order valence-corrected chi connectivity index (χ0v) is 8.96. The second kappa shape index (κ2) is 3.34. The first-order valence-corrected chi connectivity index (χ1v) is 5.88. The van der Waals surface area contributed by atoms with Gasteiger partial charge >= 0.3 is 0 Å². The second-order valence-electron chi connectivity index (χ2n) is 3.70. The van der Waals surface area contributed by atoms with Gasteiger partial charge in [-0.3, -0.25) is 0 Å². The molecule has 0 aliphatic heterocycles. The average molecular weight is 221 g/mol. The second-order valence-corrected chi connectivity index (χ2v) is 4.59. The Morgan fingerprint density at radius 3 is 3.00 bits per heavy atom. The number of nitrogen functional groups attached to an aromatic ring is 1. The van der Waals surface area contributed by atoms with Crippen molar-refractivity contribution in [2.75, 3.05) is 5.73 Å². The molecule has 0 saturated heterocycles. The van der Waals surface area contributed by atoms with Crippen LogP contribution < -0.4 is 10.5 Å². The summed E-state index contributed by atoms with van der Waals surface area (Å²) in [7, 11) is 0. The van der Waals surface area contributed by atoms with Gasteiger partial charge in [-0.2, -0.15) is 4.98 Å². The molecule has 0 aromatic carbocycles. The molecule has 2 aromatic heterocycles. The SMILES string of the molecule is Nc1nc(OC2CCC2)c2ccsc2n1. The van der Waals surface area contributed by atoms with Crippen LogP contribution in [0.3, 0.4) is 0 Å². The molecule has 2 heterocycles. The highest BCUT2D eigenvalue weighted by Crippen LogP contribution is 2.31. The third-order valence-corrected chi connectivity index (χ3v) is 3.44. The van der Waals surface area contributed by atoms with E-state index in [0.717, 1.165) is 23.1 Å². The van der Waals surface area contributed by atoms with Crippen molar-refractivity contribution in [3.63, 3.8) is 0 Å². The molecule has 0 amide bonds. The lowest BCUT2D eigenvalue weighted by atomic mass is 9.96. The van der Waals surface area contributed by atoms with E-state index in [4.69, 9.17) is 10.5 Å². The number of rotatable bonds is 2. The van der Waals surface area contributed by atoms with Gasteiger partial charge in [-0.25, -0.2) is 4.98 Å². The predicted octanol–water partition coefficient (Wildman–Crippen LogP) is 2.20. The van der Waals surface area contributed by atoms with Gasteiger partial charge in [0.2, 0.25) is 11.8 Å². The van der Waals surface area contributed by atoms with E-state index < -0.39 is 0 Å². The van der Waals surface area contributed by atoms with E-state index in [1.165, 1.54) is 6.42 Å². The highest BCUT2D eigenvalue weighted by molar-refractivity contribution is 7.16. The van der Waals surface area contributed by atoms with Crippen LogP contribution in [0.25, 0.3) is 10.2 Å². The van der Waals surface area contributed by atoms with Gasteiger partial charge in [0.15, 0.2) is 0 Å². The molecule has 0 atom stereocenters. The topological polar surface area (TPSA) is 61.0 Å². The Bertz CT molecular complexity index is 492. The summed E-state index contributed by atoms with van der Waals surface area (Å²) in [5, 5.41) is 2.95. The van der Waals surface area contributed by atoms with Crippen LogP contribution in [-0.2, 0) is 0 Å². The fourth-order valence-corrected chi connectivity index (χ4v) is 2.34. The Morgan fingerprint density at radius 2 is 2.27 bits per heavy atom. The number of nitrogens with two attached hydrogens (primary N) is 1. The van der Waals surface area contributed by atoms with Crippen LogP contribution in [0.4, 0.5) is 5.95 Å². The van der Waals surface area contributed by atoms with E-state index in [1.54, 1.807) is 11.3 Å². The molecule has 1 aliphatic carbocycles. The normalized spacial score (nSPS) is 16.5. The number of hydrogen-bond donors (Lipinski definition) is 1. The molecule has 0 radical (unpaired) electrons. The molecule has 0 spiro atoms. The molecule has 1 fully saturated rings. The van der Waals surface area contributed by atoms with Gasteiger partial charge in [-0.1, -0.05) is 0 Å². The van der Waals surface area contributed by atoms with Crippen LogP contribution in [0.15, 0.2) is 11.4 Å². The molecule has 78 valence electrons. The molecule has 5 heteroatoms. The van der Waals surface area contributed by atoms with E-state index in [2.05, 4.69) is 9.97 Å². The highest BCUT2D eigenvalue weighted by atomic mass is 32.1. The molecule has 1 aliphatic rings. The Morgan fingerprint density at radius 1 is 1.40 bits per heavy atom. The van der Waals surface area contributed by atoms with Crippen LogP contribution in [0.5, 0.6) is 5.88 Å². The van der Waals surface area contributed by atoms with Gasteiger partial charge < -0.3 is 10.5 Å². The quantitative estimate of drug-likeness (QED) is 0.844. The van der Waals surface area contributed by atoms with E-state index in [0.29, 0.717) is 17.9 Å². The molecular formula is C10H11N3OS. The highest BCUT2D eigenvalue weighted by Gasteiger charge is 2.21. The summed E-state index contributed by atoms with van der Waals surface area (Å²) in [6.07, 6.45) is 3.81. The van der Waals surface area contributed by atoms with Gasteiger partial charge in [0.25, 0.3) is 0 Å². The summed E-state index contributed by atoms with van der Waals surface area (Å²) < 4.78 is 5.78. The Labute approximate surface area is 91.1 Å². The van der Waals surface area contributed by atoms with E-state index in [1.807, 2.05) is 11.4 Å². The maximum Gasteiger partial charge on any atom is 0.227 e. The molecule has 3 rings (SSSR count). The first-order valence-electron chi connectivity index (χ1n) is 5.00. The summed E-state index contributed by atoms with van der Waals surface area (Å²) in [5.41, 5.74) is 5.62. The van der Waals surface area contributed by atoms with Crippen LogP contribution in [-0.4, -0.2) is 16.1 Å². The van der Waals surface area contributed by atoms with Crippen molar-refractivity contribution in [2.24, 2.45) is 0 Å². The lowest BCUT2D eigenvalue weighted by Crippen LogP contribution is -2.25. The van der Waals surface area contributed by atoms with Crippen molar-refractivity contribution in [1.29, 1.82) is 0 Å². The third-order valence-electron chi connectivity index (χ3n) is 2.64. The van der Waals surface area contributed by atoms with Crippen molar-refractivity contribution in [2.45, 2.75) is 25.4 Å². The third kappa shape index (κ3) is 1.52. The number of aromatic nitrogens is 2. The summed E-state index contributed by atoms with van der Waals surface area (Å²) in [4.78, 5) is 9.20. The van der Waals surface area contributed by atoms with Crippen LogP contribution in [0.1, 0.15) is 19.3 Å². The first kappa shape index (κ1) is 8.91. The van der Waals surface area contributed by atoms with Crippen molar-refractivity contribution in [3.05, 3.63) is 11.4 Å². The van der Waals surface area contributed by atoms with Gasteiger partial charge in [-0.15, -0.1) is 11.3 Å². The van der Waals surface area contributed by atoms with Crippen LogP contribution >= 0.6 is 11.3 Å². The van der Waals surface area contributed by atoms with Gasteiger partial charge in [0.1, 0.15) is 10.9 Å². The first-order chi connectivity index (χ1) is 7.33. The van der Waals surface area contributed by atoms with Crippen molar-refractivity contribution < 1.29 is 4.74 Å². The smallest absolute Gasteiger partial charge is 0.227 e. The Balaban J connectivity index is 2.02. The Hall–Kier alpha value is -1.36. The van der Waals surface area contributed by atoms with E-state index >= 15 is 0 Å². The molecule has 4 nitrogen and oxygen atoms in total. The molecule has 1 saturated carbocycles. The average Bonchev–Trinajstić information content (AvgIpc) is 2.58. The molecule has 15 heavy (non-hydrogen) atoms. The van der Waals surface area contributed by atoms with E-state index in [-0.39, 0.29) is 0 Å². The van der Waals surface area contributed by atoms with Crippen LogP contribution in [0, 0.1) is 0 Å². The van der Waals surface area contributed by atoms with Gasteiger partial charge in [-0.05, 0) is 30.7 Å². The molecule has 2 aromatic rings. The molecule has 0 bridgehead atoms. The van der Waals surface area contributed by atoms with Crippen LogP contribution in [0.2, 0.25) is 0 Å². The van der Waals surface area contributed by atoms with Gasteiger partial charge in [0.05, 0.1) is 5.39 Å². The molecular weight excluding hydrogens is 210 g/mol. The minimum absolute atomic E-state index is 0.291. The molecule has 2 N–H and O–H groups in total. The zero-order chi connectivity index (χ0) is 10.3. The number of hydrogen-bond acceptors (Lipinski definition) is 5. The minimum atomic E-state index is 0.291. The van der Waals surface area contributed by atoms with Crippen molar-refractivity contribution >= 4 is 27.5 Å². The monoisotopic (exact) mass is 221 g/mol. The Kier molecular flexibility index (Phi) is 1.98. The summed E-state index contributed by atoms with van der Waals surface area (Å²) >= 11 is 1.56. The fraction of sp³-hybridized carbons (Fsp3) is 0.400. The fourth-order valence-electron chi connectivity index (χ4n) is 1.58. The summed E-state index contributed by atoms with van der Waals surface area (Å²) in [5.74, 6) is 0.933. The maximum atomic E-state index is 5.78. The molecule has 0 unspecified atom stereocenters. The summed E-state index contributed by atoms with van der Waals surface area (Å²) in [6.45, 7) is 0. The number of anilines is 1. The van der Waals surface area contributed by atoms with Gasteiger partial charge in [0, 0.05) is 0 Å². The number of nitrogens with zero attached hydrogens (tertiary/aromatic N) is 2. The largest absolute Gasteiger partial charge is 0.474 e. The number of thiophene rings is 1. The zero-order valence-electron chi connectivity index (χ0n) is 8.14. The standard InChI is InChI=1S/C10H11N3OS/c11-10-12-8(14-6-2-1-3-6)7-4-5-15-9(7)13-10/h4-6H,1-3H2,(H2,11,12,13). The summed E-state index contributed by atoms with van der Waals surface area (Å²) in [6, 6.07) is 1.98. The lowest BCUT2D eigenvalue weighted by Gasteiger charge is -2.25. The maximum absolute atomic E-state index is 5.78. The number of fused-ring (bicyclic) bond motifs is 1. The predicted molar refractivity (Wildman–Crippen MR) is 60.1 cm³/mol. The van der Waals surface area contributed by atoms with Crippen molar-refractivity contribution in [1.82, 2.24) is 9.97 Å². The van der Waals surface area contributed by atoms with Crippen molar-refractivity contribution in [3.8, 4) is 5.88 Å². The lowest BCUT2D eigenvalue weighted by molar-refractivity contribution is 0.117.